The van der Waals surface area contributed by atoms with E-state index < -0.39 is 47.8 Å². The third-order valence-corrected chi connectivity index (χ3v) is 7.86. The first-order chi connectivity index (χ1) is 21.6. The van der Waals surface area contributed by atoms with E-state index in [4.69, 9.17) is 22.9 Å². The Morgan fingerprint density at radius 2 is 1.44 bits per heavy atom. The molecule has 0 aliphatic rings. The first-order valence-corrected chi connectivity index (χ1v) is 16.1. The van der Waals surface area contributed by atoms with Gasteiger partial charge in [-0.15, -0.1) is 0 Å². The van der Waals surface area contributed by atoms with Crippen LogP contribution >= 0.6 is 11.8 Å². The Morgan fingerprint density at radius 3 is 2.11 bits per heavy atom. The molecule has 4 amide bonds. The molecule has 0 saturated heterocycles. The van der Waals surface area contributed by atoms with Crippen LogP contribution in [0, 0.1) is 0 Å². The van der Waals surface area contributed by atoms with Crippen LogP contribution in [0.5, 0.6) is 0 Å². The molecule has 0 unspecified atom stereocenters. The zero-order valence-corrected chi connectivity index (χ0v) is 26.1. The lowest BCUT2D eigenvalue weighted by atomic mass is 10.0. The van der Waals surface area contributed by atoms with Crippen LogP contribution in [0.3, 0.4) is 0 Å². The van der Waals surface area contributed by atoms with Gasteiger partial charge in [-0.3, -0.25) is 24.2 Å². The number of fused-ring (bicyclic) bond motifs is 1. The number of hydrogen-bond donors (Lipinski definition) is 8. The summed E-state index contributed by atoms with van der Waals surface area (Å²) in [5, 5.41) is 9.11. The molecule has 12 N–H and O–H groups in total. The average molecular weight is 638 g/mol. The van der Waals surface area contributed by atoms with Gasteiger partial charge in [0.2, 0.25) is 23.6 Å². The van der Waals surface area contributed by atoms with Crippen molar-refractivity contribution in [2.24, 2.45) is 27.9 Å². The van der Waals surface area contributed by atoms with Crippen LogP contribution in [0.4, 0.5) is 0 Å². The lowest BCUT2D eigenvalue weighted by Gasteiger charge is -2.25. The van der Waals surface area contributed by atoms with Crippen molar-refractivity contribution < 1.29 is 19.2 Å². The smallest absolute Gasteiger partial charge is 0.243 e. The van der Waals surface area contributed by atoms with Crippen molar-refractivity contribution in [2.45, 2.75) is 56.3 Å². The van der Waals surface area contributed by atoms with Crippen LogP contribution in [0.2, 0.25) is 0 Å². The van der Waals surface area contributed by atoms with E-state index in [1.165, 1.54) is 11.8 Å². The standard InChI is InChI=1S/C31H43N9O4S/c1-45-15-13-25(38-28(42)22(32)16-19-8-3-2-4-9-19)30(44)39-24(12-7-14-36-31(34)35)29(43)40-26(27(33)41)17-20-18-37-23-11-6-5-10-21(20)23/h2-6,8-11,18,22,24-26,37H,7,12-17,32H2,1H3,(H2,33,41)(H,38,42)(H,39,44)(H,40,43)(H4,34,35,36)/t22-,24-,25-,26-/m0/s1. The second-order valence-electron chi connectivity index (χ2n) is 10.7. The number of thioether (sulfide) groups is 1. The van der Waals surface area contributed by atoms with Gasteiger partial charge >= 0.3 is 0 Å². The fourth-order valence-electron chi connectivity index (χ4n) is 4.80. The van der Waals surface area contributed by atoms with Gasteiger partial charge in [0, 0.05) is 30.1 Å². The molecule has 0 saturated carbocycles. The molecule has 242 valence electrons. The summed E-state index contributed by atoms with van der Waals surface area (Å²) in [5.74, 6) is -1.90. The highest BCUT2D eigenvalue weighted by Gasteiger charge is 2.30. The maximum atomic E-state index is 13.5. The molecule has 0 fully saturated rings. The Morgan fingerprint density at radius 1 is 0.822 bits per heavy atom. The van der Waals surface area contributed by atoms with Gasteiger partial charge in [0.1, 0.15) is 18.1 Å². The number of rotatable bonds is 18. The molecule has 13 nitrogen and oxygen atoms in total. The molecule has 3 aromatic rings. The number of carbonyl (C=O) groups is 4. The minimum absolute atomic E-state index is 0.0979. The monoisotopic (exact) mass is 637 g/mol. The highest BCUT2D eigenvalue weighted by atomic mass is 32.2. The molecule has 0 aliphatic heterocycles. The van der Waals surface area contributed by atoms with Crippen molar-refractivity contribution >= 4 is 52.3 Å². The number of para-hydroxylation sites is 1. The number of aliphatic imine (C=N–C) groups is 1. The van der Waals surface area contributed by atoms with Gasteiger partial charge in [0.15, 0.2) is 5.96 Å². The number of H-pyrrole nitrogens is 1. The number of benzene rings is 2. The van der Waals surface area contributed by atoms with E-state index in [0.29, 0.717) is 25.0 Å². The zero-order valence-electron chi connectivity index (χ0n) is 25.3. The summed E-state index contributed by atoms with van der Waals surface area (Å²) in [5.41, 5.74) is 25.3. The summed E-state index contributed by atoms with van der Waals surface area (Å²) in [7, 11) is 0. The van der Waals surface area contributed by atoms with Gasteiger partial charge in [-0.1, -0.05) is 48.5 Å². The molecule has 0 radical (unpaired) electrons. The second kappa shape index (κ2) is 17.7. The Hall–Kier alpha value is -4.56. The SMILES string of the molecule is CSCC[C@H](NC(=O)[C@@H](N)Cc1ccccc1)C(=O)N[C@@H](CCCN=C(N)N)C(=O)N[C@@H](Cc1c[nH]c2ccccc12)C(N)=O. The van der Waals surface area contributed by atoms with E-state index in [1.54, 1.807) is 6.20 Å². The van der Waals surface area contributed by atoms with Gasteiger partial charge in [-0.25, -0.2) is 0 Å². The highest BCUT2D eigenvalue weighted by molar-refractivity contribution is 7.98. The number of guanidine groups is 1. The van der Waals surface area contributed by atoms with E-state index in [2.05, 4.69) is 25.9 Å². The largest absolute Gasteiger partial charge is 0.370 e. The fourth-order valence-corrected chi connectivity index (χ4v) is 5.28. The Kier molecular flexibility index (Phi) is 13.7. The maximum Gasteiger partial charge on any atom is 0.243 e. The highest BCUT2D eigenvalue weighted by Crippen LogP contribution is 2.19. The topological polar surface area (TPSA) is 237 Å². The summed E-state index contributed by atoms with van der Waals surface area (Å²) in [6, 6.07) is 13.0. The number of nitrogens with one attached hydrogen (secondary N) is 4. The summed E-state index contributed by atoms with van der Waals surface area (Å²) in [4.78, 5) is 59.6. The molecular weight excluding hydrogens is 594 g/mol. The van der Waals surface area contributed by atoms with Crippen molar-refractivity contribution in [3.8, 4) is 0 Å². The Balaban J connectivity index is 1.73. The molecule has 1 aromatic heterocycles. The van der Waals surface area contributed by atoms with Gasteiger partial charge in [0.25, 0.3) is 0 Å². The molecule has 14 heteroatoms. The normalized spacial score (nSPS) is 13.6. The van der Waals surface area contributed by atoms with E-state index >= 15 is 0 Å². The van der Waals surface area contributed by atoms with Crippen molar-refractivity contribution in [1.82, 2.24) is 20.9 Å². The summed E-state index contributed by atoms with van der Waals surface area (Å²) in [6.07, 6.45) is 4.91. The Bertz CT molecular complexity index is 1460. The number of aromatic nitrogens is 1. The second-order valence-corrected chi connectivity index (χ2v) is 11.7. The van der Waals surface area contributed by atoms with Crippen LogP contribution in [0.15, 0.2) is 65.8 Å². The van der Waals surface area contributed by atoms with Crippen molar-refractivity contribution in [1.29, 1.82) is 0 Å². The van der Waals surface area contributed by atoms with Crippen LogP contribution in [-0.2, 0) is 32.0 Å². The number of primary amides is 1. The predicted molar refractivity (Wildman–Crippen MR) is 178 cm³/mol. The molecule has 0 aliphatic carbocycles. The van der Waals surface area contributed by atoms with Gasteiger partial charge in [-0.05, 0) is 54.9 Å². The molecule has 4 atom stereocenters. The van der Waals surface area contributed by atoms with E-state index in [1.807, 2.05) is 60.9 Å². The molecule has 0 spiro atoms. The van der Waals surface area contributed by atoms with Crippen molar-refractivity contribution in [3.63, 3.8) is 0 Å². The molecule has 3 rings (SSSR count). The average Bonchev–Trinajstić information content (AvgIpc) is 3.43. The number of amides is 4. The van der Waals surface area contributed by atoms with Crippen LogP contribution < -0.4 is 38.9 Å². The number of aromatic amines is 1. The lowest BCUT2D eigenvalue weighted by Crippen LogP contribution is -2.58. The minimum atomic E-state index is -1.07. The van der Waals surface area contributed by atoms with Crippen LogP contribution in [0.25, 0.3) is 10.9 Å². The van der Waals surface area contributed by atoms with Crippen molar-refractivity contribution in [3.05, 3.63) is 71.9 Å². The third-order valence-electron chi connectivity index (χ3n) is 7.22. The predicted octanol–water partition coefficient (Wildman–Crippen LogP) is 0.0268. The fraction of sp³-hybridized carbons (Fsp3) is 0.387. The maximum absolute atomic E-state index is 13.5. The number of nitrogens with zero attached hydrogens (tertiary/aromatic N) is 1. The number of hydrogen-bond acceptors (Lipinski definition) is 7. The third kappa shape index (κ3) is 11.1. The quantitative estimate of drug-likeness (QED) is 0.0536. The van der Waals surface area contributed by atoms with E-state index in [-0.39, 0.29) is 25.3 Å². The lowest BCUT2D eigenvalue weighted by molar-refractivity contribution is -0.133. The van der Waals surface area contributed by atoms with Gasteiger partial charge in [0.05, 0.1) is 6.04 Å². The first-order valence-electron chi connectivity index (χ1n) is 14.7. The van der Waals surface area contributed by atoms with Crippen molar-refractivity contribution in [2.75, 3.05) is 18.6 Å². The molecule has 45 heavy (non-hydrogen) atoms. The summed E-state index contributed by atoms with van der Waals surface area (Å²) >= 11 is 1.51. The van der Waals surface area contributed by atoms with E-state index in [9.17, 15) is 19.2 Å². The van der Waals surface area contributed by atoms with Gasteiger partial charge < -0.3 is 43.9 Å². The number of nitrogens with two attached hydrogens (primary N) is 4. The van der Waals surface area contributed by atoms with Crippen LogP contribution in [0.1, 0.15) is 30.4 Å². The zero-order chi connectivity index (χ0) is 32.8. The molecule has 0 bridgehead atoms. The van der Waals surface area contributed by atoms with E-state index in [0.717, 1.165) is 22.0 Å². The molecule has 2 aromatic carbocycles. The number of carbonyl (C=O) groups excluding carboxylic acids is 4. The Labute approximate surface area is 266 Å². The van der Waals surface area contributed by atoms with Gasteiger partial charge in [-0.2, -0.15) is 11.8 Å². The first kappa shape index (κ1) is 34.9. The van der Waals surface area contributed by atoms with Crippen LogP contribution in [-0.4, -0.2) is 77.3 Å². The minimum Gasteiger partial charge on any atom is -0.370 e. The summed E-state index contributed by atoms with van der Waals surface area (Å²) in [6.45, 7) is 0.220. The molecule has 1 heterocycles. The summed E-state index contributed by atoms with van der Waals surface area (Å²) < 4.78 is 0. The molecular formula is C31H43N9O4S.